The van der Waals surface area contributed by atoms with E-state index in [-0.39, 0.29) is 17.0 Å². The number of aromatic hydroxyl groups is 1. The largest absolute Gasteiger partial charge is 0.506 e. The lowest BCUT2D eigenvalue weighted by Crippen LogP contribution is -2.11. The van der Waals surface area contributed by atoms with Gasteiger partial charge in [-0.2, -0.15) is 0 Å². The van der Waals surface area contributed by atoms with Gasteiger partial charge in [0.05, 0.1) is 16.7 Å². The van der Waals surface area contributed by atoms with E-state index in [0.717, 1.165) is 0 Å². The highest BCUT2D eigenvalue weighted by molar-refractivity contribution is 6.04. The lowest BCUT2D eigenvalue weighted by atomic mass is 10.2. The van der Waals surface area contributed by atoms with Gasteiger partial charge in [0, 0.05) is 24.0 Å². The van der Waals surface area contributed by atoms with Gasteiger partial charge in [-0.1, -0.05) is 0 Å². The molecule has 19 heavy (non-hydrogen) atoms. The summed E-state index contributed by atoms with van der Waals surface area (Å²) in [5.74, 6) is -0.575. The van der Waals surface area contributed by atoms with Gasteiger partial charge in [-0.3, -0.25) is 19.9 Å². The molecule has 0 unspecified atom stereocenters. The maximum Gasteiger partial charge on any atom is 0.269 e. The van der Waals surface area contributed by atoms with Crippen LogP contribution in [0.3, 0.4) is 0 Å². The molecule has 0 spiro atoms. The predicted molar refractivity (Wildman–Crippen MR) is 67.0 cm³/mol. The van der Waals surface area contributed by atoms with Crippen molar-refractivity contribution in [2.75, 3.05) is 5.32 Å². The first-order chi connectivity index (χ1) is 9.06. The third kappa shape index (κ3) is 3.03. The summed E-state index contributed by atoms with van der Waals surface area (Å²) in [5, 5.41) is 22.2. The summed E-state index contributed by atoms with van der Waals surface area (Å²) in [6.45, 7) is 0. The van der Waals surface area contributed by atoms with Crippen LogP contribution in [-0.2, 0) is 0 Å². The number of benzene rings is 1. The zero-order chi connectivity index (χ0) is 13.8. The molecule has 0 aliphatic carbocycles. The van der Waals surface area contributed by atoms with Crippen LogP contribution in [0.1, 0.15) is 10.4 Å². The van der Waals surface area contributed by atoms with E-state index < -0.39 is 10.8 Å². The summed E-state index contributed by atoms with van der Waals surface area (Å²) in [7, 11) is 0. The number of amides is 1. The number of nitrogens with zero attached hydrogens (tertiary/aromatic N) is 2. The van der Waals surface area contributed by atoms with Gasteiger partial charge >= 0.3 is 0 Å². The maximum absolute atomic E-state index is 11.8. The summed E-state index contributed by atoms with van der Waals surface area (Å²) in [6.07, 6.45) is 2.52. The van der Waals surface area contributed by atoms with Crippen molar-refractivity contribution >= 4 is 17.3 Å². The molecule has 0 aliphatic heterocycles. The number of non-ortho nitro benzene ring substituents is 1. The van der Waals surface area contributed by atoms with Crippen molar-refractivity contribution in [3.05, 3.63) is 58.4 Å². The predicted octanol–water partition coefficient (Wildman–Crippen LogP) is 1.95. The van der Waals surface area contributed by atoms with Crippen molar-refractivity contribution in [1.29, 1.82) is 0 Å². The average molecular weight is 259 g/mol. The minimum atomic E-state index is -0.523. The van der Waals surface area contributed by atoms with Crippen LogP contribution < -0.4 is 5.32 Å². The Balaban J connectivity index is 2.13. The van der Waals surface area contributed by atoms with E-state index in [4.69, 9.17) is 0 Å². The Hall–Kier alpha value is -2.96. The molecule has 2 rings (SSSR count). The van der Waals surface area contributed by atoms with Gasteiger partial charge in [0.15, 0.2) is 0 Å². The smallest absolute Gasteiger partial charge is 0.269 e. The Bertz CT molecular complexity index is 625. The van der Waals surface area contributed by atoms with Crippen LogP contribution in [0.5, 0.6) is 5.75 Å². The molecule has 1 heterocycles. The summed E-state index contributed by atoms with van der Waals surface area (Å²) < 4.78 is 0. The van der Waals surface area contributed by atoms with Gasteiger partial charge in [-0.25, -0.2) is 0 Å². The fourth-order valence-electron chi connectivity index (χ4n) is 1.42. The average Bonchev–Trinajstić information content (AvgIpc) is 2.39. The van der Waals surface area contributed by atoms with Gasteiger partial charge in [0.2, 0.25) is 0 Å². The number of nitro benzene ring substituents is 1. The van der Waals surface area contributed by atoms with Crippen molar-refractivity contribution < 1.29 is 14.8 Å². The quantitative estimate of drug-likeness (QED) is 0.647. The van der Waals surface area contributed by atoms with E-state index in [1.165, 1.54) is 42.7 Å². The molecular formula is C12H9N3O4. The Labute approximate surface area is 107 Å². The number of pyridine rings is 1. The first-order valence-electron chi connectivity index (χ1n) is 5.26. The molecule has 0 fully saturated rings. The molecular weight excluding hydrogens is 250 g/mol. The van der Waals surface area contributed by atoms with Crippen molar-refractivity contribution in [3.8, 4) is 5.75 Å². The van der Waals surface area contributed by atoms with Gasteiger partial charge < -0.3 is 10.4 Å². The molecule has 0 saturated carbocycles. The molecule has 7 nitrogen and oxygen atoms in total. The monoisotopic (exact) mass is 259 g/mol. The van der Waals surface area contributed by atoms with Crippen LogP contribution in [0, 0.1) is 10.1 Å². The molecule has 0 aliphatic rings. The van der Waals surface area contributed by atoms with Gasteiger partial charge in [-0.15, -0.1) is 0 Å². The van der Waals surface area contributed by atoms with Gasteiger partial charge in [-0.05, 0) is 18.2 Å². The molecule has 0 bridgehead atoms. The van der Waals surface area contributed by atoms with Crippen LogP contribution in [0.4, 0.5) is 11.4 Å². The summed E-state index contributed by atoms with van der Waals surface area (Å²) in [6, 6.07) is 6.69. The number of aromatic nitrogens is 1. The van der Waals surface area contributed by atoms with E-state index in [0.29, 0.717) is 5.69 Å². The van der Waals surface area contributed by atoms with Gasteiger partial charge in [0.25, 0.3) is 11.6 Å². The minimum absolute atomic E-state index is 0.0583. The van der Waals surface area contributed by atoms with Gasteiger partial charge in [0.1, 0.15) is 5.75 Å². The molecule has 0 atom stereocenters. The SMILES string of the molecule is O=C(Nc1ccc([N+](=O)[O-])cc1)c1cncc(O)c1. The highest BCUT2D eigenvalue weighted by Crippen LogP contribution is 2.16. The molecule has 0 saturated heterocycles. The van der Waals surface area contributed by atoms with E-state index in [2.05, 4.69) is 10.3 Å². The zero-order valence-electron chi connectivity index (χ0n) is 9.61. The highest BCUT2D eigenvalue weighted by Gasteiger charge is 2.09. The third-order valence-corrected chi connectivity index (χ3v) is 2.32. The fourth-order valence-corrected chi connectivity index (χ4v) is 1.42. The second-order valence-corrected chi connectivity index (χ2v) is 3.69. The lowest BCUT2D eigenvalue weighted by molar-refractivity contribution is -0.384. The number of carbonyl (C=O) groups is 1. The highest BCUT2D eigenvalue weighted by atomic mass is 16.6. The van der Waals surface area contributed by atoms with Crippen LogP contribution in [-0.4, -0.2) is 20.9 Å². The number of rotatable bonds is 3. The normalized spacial score (nSPS) is 9.89. The number of anilines is 1. The van der Waals surface area contributed by atoms with E-state index in [9.17, 15) is 20.0 Å². The van der Waals surface area contributed by atoms with Crippen molar-refractivity contribution in [2.24, 2.45) is 0 Å². The number of carbonyl (C=O) groups excluding carboxylic acids is 1. The summed E-state index contributed by atoms with van der Waals surface area (Å²) in [5.41, 5.74) is 0.550. The Morgan fingerprint density at radius 3 is 2.53 bits per heavy atom. The van der Waals surface area contributed by atoms with E-state index in [1.54, 1.807) is 0 Å². The van der Waals surface area contributed by atoms with Crippen LogP contribution in [0.15, 0.2) is 42.7 Å². The first kappa shape index (κ1) is 12.5. The van der Waals surface area contributed by atoms with Crippen molar-refractivity contribution in [3.63, 3.8) is 0 Å². The summed E-state index contributed by atoms with van der Waals surface area (Å²) in [4.78, 5) is 25.4. The third-order valence-electron chi connectivity index (χ3n) is 2.32. The summed E-state index contributed by atoms with van der Waals surface area (Å²) >= 11 is 0. The molecule has 7 heteroatoms. The van der Waals surface area contributed by atoms with Crippen molar-refractivity contribution in [2.45, 2.75) is 0 Å². The maximum atomic E-state index is 11.8. The standard InChI is InChI=1S/C12H9N3O4/c16-11-5-8(6-13-7-11)12(17)14-9-1-3-10(4-2-9)15(18)19/h1-7,16H,(H,14,17). The number of nitro groups is 1. The van der Waals surface area contributed by atoms with Crippen LogP contribution in [0.2, 0.25) is 0 Å². The number of hydrogen-bond donors (Lipinski definition) is 2. The molecule has 1 amide bonds. The second kappa shape index (κ2) is 5.13. The Morgan fingerprint density at radius 2 is 1.95 bits per heavy atom. The molecule has 2 aromatic rings. The van der Waals surface area contributed by atoms with Crippen molar-refractivity contribution in [1.82, 2.24) is 4.98 Å². The zero-order valence-corrected chi connectivity index (χ0v) is 9.61. The molecule has 0 radical (unpaired) electrons. The van der Waals surface area contributed by atoms with E-state index >= 15 is 0 Å². The molecule has 96 valence electrons. The second-order valence-electron chi connectivity index (χ2n) is 3.69. The molecule has 1 aromatic heterocycles. The van der Waals surface area contributed by atoms with Crippen LogP contribution in [0.25, 0.3) is 0 Å². The topological polar surface area (TPSA) is 105 Å². The van der Waals surface area contributed by atoms with Crippen LogP contribution >= 0.6 is 0 Å². The Kier molecular flexibility index (Phi) is 3.37. The number of nitrogens with one attached hydrogen (secondary N) is 1. The first-order valence-corrected chi connectivity index (χ1v) is 5.26. The molecule has 2 N–H and O–H groups in total. The molecule has 1 aromatic carbocycles. The lowest BCUT2D eigenvalue weighted by Gasteiger charge is -2.04. The van der Waals surface area contributed by atoms with E-state index in [1.807, 2.05) is 0 Å². The Morgan fingerprint density at radius 1 is 1.26 bits per heavy atom. The fraction of sp³-hybridized carbons (Fsp3) is 0. The number of hydrogen-bond acceptors (Lipinski definition) is 5. The minimum Gasteiger partial charge on any atom is -0.506 e.